The molecule has 0 radical (unpaired) electrons. The van der Waals surface area contributed by atoms with Gasteiger partial charge in [0.05, 0.1) is 44.6 Å². The van der Waals surface area contributed by atoms with Crippen LogP contribution in [0.5, 0.6) is 0 Å². The van der Waals surface area contributed by atoms with E-state index in [-0.39, 0.29) is 30.2 Å². The number of hydrogen-bond donors (Lipinski definition) is 4. The number of fused-ring (bicyclic) bond motifs is 1. The number of β-amino-alcohol motifs (C(OH)–C–C–N with tert-alkyl or cyclic N) is 1. The average Bonchev–Trinajstić information content (AvgIpc) is 2.77. The van der Waals surface area contributed by atoms with Gasteiger partial charge in [0.15, 0.2) is 0 Å². The van der Waals surface area contributed by atoms with Crippen LogP contribution in [0.25, 0.3) is 0 Å². The smallest absolute Gasteiger partial charge is 0.270 e. The molecule has 0 bridgehead atoms. The van der Waals surface area contributed by atoms with Crippen molar-refractivity contribution in [1.82, 2.24) is 20.2 Å². The summed E-state index contributed by atoms with van der Waals surface area (Å²) >= 11 is 0. The van der Waals surface area contributed by atoms with Crippen molar-refractivity contribution in [3.8, 4) is 0 Å². The first kappa shape index (κ1) is 22.0. The quantitative estimate of drug-likeness (QED) is 0.422. The summed E-state index contributed by atoms with van der Waals surface area (Å²) in [6, 6.07) is 10.3. The van der Waals surface area contributed by atoms with Gasteiger partial charge in [-0.05, 0) is 17.5 Å². The van der Waals surface area contributed by atoms with E-state index in [1.54, 1.807) is 6.07 Å². The van der Waals surface area contributed by atoms with Crippen LogP contribution in [0.2, 0.25) is 0 Å². The first-order chi connectivity index (χ1) is 16.1. The molecule has 176 valence electrons. The summed E-state index contributed by atoms with van der Waals surface area (Å²) in [4.78, 5) is 23.9. The Morgan fingerprint density at radius 3 is 2.55 bits per heavy atom. The maximum Gasteiger partial charge on any atom is 0.270 e. The Labute approximate surface area is 192 Å². The van der Waals surface area contributed by atoms with Crippen LogP contribution in [-0.4, -0.2) is 90.1 Å². The van der Waals surface area contributed by atoms with Crippen LogP contribution in [-0.2, 0) is 22.4 Å². The number of aromatic nitrogens is 2. The summed E-state index contributed by atoms with van der Waals surface area (Å²) in [6.45, 7) is 4.76. The highest BCUT2D eigenvalue weighted by Crippen LogP contribution is 2.19. The Morgan fingerprint density at radius 1 is 1.09 bits per heavy atom. The molecular formula is C23H30N6O4. The van der Waals surface area contributed by atoms with E-state index in [9.17, 15) is 9.90 Å². The van der Waals surface area contributed by atoms with Crippen LogP contribution in [0.1, 0.15) is 21.6 Å². The summed E-state index contributed by atoms with van der Waals surface area (Å²) in [5.74, 6) is 0.603. The lowest BCUT2D eigenvalue weighted by atomic mass is 10.00. The van der Waals surface area contributed by atoms with Gasteiger partial charge >= 0.3 is 0 Å². The van der Waals surface area contributed by atoms with Gasteiger partial charge in [0.2, 0.25) is 5.95 Å². The second kappa shape index (κ2) is 10.0. The highest BCUT2D eigenvalue weighted by atomic mass is 16.5. The Balaban J connectivity index is 1.17. The van der Waals surface area contributed by atoms with Gasteiger partial charge in [0.25, 0.3) is 5.91 Å². The molecule has 0 aliphatic carbocycles. The van der Waals surface area contributed by atoms with Crippen LogP contribution in [0.3, 0.4) is 0 Å². The molecule has 5 rings (SSSR count). The number of ether oxygens (including phenoxy) is 2. The molecule has 10 heteroatoms. The fourth-order valence-electron chi connectivity index (χ4n) is 4.11. The SMILES string of the molecule is O=C(NCC(O)CN1CCc2ccccc2C1)c1cc(NC2COC2)nc(NC2COC2)n1. The van der Waals surface area contributed by atoms with E-state index in [0.29, 0.717) is 44.7 Å². The Morgan fingerprint density at radius 2 is 1.82 bits per heavy atom. The van der Waals surface area contributed by atoms with E-state index >= 15 is 0 Å². The highest BCUT2D eigenvalue weighted by Gasteiger charge is 2.24. The molecule has 0 spiro atoms. The van der Waals surface area contributed by atoms with E-state index in [1.165, 1.54) is 11.1 Å². The van der Waals surface area contributed by atoms with Gasteiger partial charge in [-0.3, -0.25) is 9.69 Å². The third kappa shape index (κ3) is 5.59. The zero-order valence-corrected chi connectivity index (χ0v) is 18.5. The molecule has 3 aliphatic rings. The summed E-state index contributed by atoms with van der Waals surface area (Å²) < 4.78 is 10.4. The number of rotatable bonds is 9. The third-order valence-corrected chi connectivity index (χ3v) is 6.10. The molecule has 2 aromatic rings. The second-order valence-corrected chi connectivity index (χ2v) is 8.84. The number of benzene rings is 1. The van der Waals surface area contributed by atoms with E-state index in [1.807, 2.05) is 6.07 Å². The molecule has 2 saturated heterocycles. The number of nitrogens with zero attached hydrogens (tertiary/aromatic N) is 3. The number of aliphatic hydroxyl groups is 1. The molecule has 3 aliphatic heterocycles. The van der Waals surface area contributed by atoms with Crippen molar-refractivity contribution in [2.24, 2.45) is 0 Å². The zero-order valence-electron chi connectivity index (χ0n) is 18.5. The largest absolute Gasteiger partial charge is 0.390 e. The van der Waals surface area contributed by atoms with Crippen molar-refractivity contribution < 1.29 is 19.4 Å². The minimum atomic E-state index is -0.671. The molecule has 10 nitrogen and oxygen atoms in total. The van der Waals surface area contributed by atoms with Gasteiger partial charge in [0.1, 0.15) is 11.5 Å². The fourth-order valence-corrected chi connectivity index (χ4v) is 4.11. The molecule has 1 aromatic heterocycles. The van der Waals surface area contributed by atoms with Crippen LogP contribution in [0.4, 0.5) is 11.8 Å². The minimum Gasteiger partial charge on any atom is -0.390 e. The predicted octanol–water partition coefficient (Wildman–Crippen LogP) is 0.247. The summed E-state index contributed by atoms with van der Waals surface area (Å²) in [7, 11) is 0. The molecule has 33 heavy (non-hydrogen) atoms. The number of carbonyl (C=O) groups excluding carboxylic acids is 1. The average molecular weight is 455 g/mol. The number of carbonyl (C=O) groups is 1. The second-order valence-electron chi connectivity index (χ2n) is 8.84. The fraction of sp³-hybridized carbons (Fsp3) is 0.522. The van der Waals surface area contributed by atoms with E-state index in [2.05, 4.69) is 49.0 Å². The third-order valence-electron chi connectivity index (χ3n) is 6.10. The monoisotopic (exact) mass is 454 g/mol. The summed E-state index contributed by atoms with van der Waals surface area (Å²) in [5, 5.41) is 19.8. The van der Waals surface area contributed by atoms with Crippen molar-refractivity contribution >= 4 is 17.7 Å². The van der Waals surface area contributed by atoms with Crippen molar-refractivity contribution in [1.29, 1.82) is 0 Å². The van der Waals surface area contributed by atoms with Crippen molar-refractivity contribution in [3.63, 3.8) is 0 Å². The maximum atomic E-state index is 12.8. The van der Waals surface area contributed by atoms with Gasteiger partial charge in [-0.1, -0.05) is 24.3 Å². The predicted molar refractivity (Wildman–Crippen MR) is 122 cm³/mol. The first-order valence-corrected chi connectivity index (χ1v) is 11.5. The molecule has 4 N–H and O–H groups in total. The summed E-state index contributed by atoms with van der Waals surface area (Å²) in [6.07, 6.45) is 0.301. The van der Waals surface area contributed by atoms with Crippen molar-refractivity contribution in [2.75, 3.05) is 56.7 Å². The van der Waals surface area contributed by atoms with Gasteiger partial charge < -0.3 is 30.5 Å². The number of hydrogen-bond acceptors (Lipinski definition) is 9. The molecule has 1 aromatic carbocycles. The lowest BCUT2D eigenvalue weighted by molar-refractivity contribution is 0.0204. The van der Waals surface area contributed by atoms with Crippen LogP contribution >= 0.6 is 0 Å². The lowest BCUT2D eigenvalue weighted by Gasteiger charge is -2.30. The van der Waals surface area contributed by atoms with Gasteiger partial charge in [-0.2, -0.15) is 4.98 Å². The molecule has 1 atom stereocenters. The topological polar surface area (TPSA) is 121 Å². The number of anilines is 2. The zero-order chi connectivity index (χ0) is 22.6. The molecule has 4 heterocycles. The van der Waals surface area contributed by atoms with Crippen molar-refractivity contribution in [2.45, 2.75) is 31.2 Å². The molecule has 2 fully saturated rings. The van der Waals surface area contributed by atoms with Crippen LogP contribution in [0.15, 0.2) is 30.3 Å². The van der Waals surface area contributed by atoms with E-state index < -0.39 is 6.10 Å². The molecule has 1 amide bonds. The minimum absolute atomic E-state index is 0.139. The van der Waals surface area contributed by atoms with Gasteiger partial charge in [-0.15, -0.1) is 0 Å². The van der Waals surface area contributed by atoms with E-state index in [0.717, 1.165) is 19.5 Å². The number of aliphatic hydroxyl groups excluding tert-OH is 1. The first-order valence-electron chi connectivity index (χ1n) is 11.5. The highest BCUT2D eigenvalue weighted by molar-refractivity contribution is 5.93. The Kier molecular flexibility index (Phi) is 6.68. The van der Waals surface area contributed by atoms with Crippen LogP contribution < -0.4 is 16.0 Å². The maximum absolute atomic E-state index is 12.8. The van der Waals surface area contributed by atoms with Crippen LogP contribution in [0, 0.1) is 0 Å². The van der Waals surface area contributed by atoms with Gasteiger partial charge in [0, 0.05) is 32.2 Å². The lowest BCUT2D eigenvalue weighted by Crippen LogP contribution is -2.43. The normalized spacial score (nSPS) is 19.7. The Hall–Kier alpha value is -2.79. The Bertz CT molecular complexity index is 947. The number of nitrogens with one attached hydrogen (secondary N) is 3. The molecule has 0 saturated carbocycles. The van der Waals surface area contributed by atoms with Crippen molar-refractivity contribution in [3.05, 3.63) is 47.2 Å². The molecule has 1 unspecified atom stereocenters. The summed E-state index contributed by atoms with van der Waals surface area (Å²) in [5.41, 5.74) is 2.92. The number of amides is 1. The molecular weight excluding hydrogens is 424 g/mol. The standard InChI is InChI=1S/C23H30N6O4/c30-19(10-29-6-5-15-3-1-2-4-16(15)9-29)8-24-22(31)20-7-21(25-17-11-32-12-17)28-23(27-20)26-18-13-33-14-18/h1-4,7,17-19,30H,5-6,8-14H2,(H,24,31)(H2,25,26,27,28). The van der Waals surface area contributed by atoms with E-state index in [4.69, 9.17) is 9.47 Å². The van der Waals surface area contributed by atoms with Gasteiger partial charge in [-0.25, -0.2) is 4.98 Å².